The highest BCUT2D eigenvalue weighted by atomic mass is 14.9. The Morgan fingerprint density at radius 1 is 1.00 bits per heavy atom. The predicted octanol–water partition coefficient (Wildman–Crippen LogP) is 5.93. The fourth-order valence-corrected chi connectivity index (χ4v) is 2.89. The molecule has 0 unspecified atom stereocenters. The van der Waals surface area contributed by atoms with E-state index < -0.39 is 0 Å². The van der Waals surface area contributed by atoms with Gasteiger partial charge < -0.3 is 5.32 Å². The van der Waals surface area contributed by atoms with E-state index in [2.05, 4.69) is 74.3 Å². The van der Waals surface area contributed by atoms with Gasteiger partial charge in [0, 0.05) is 17.8 Å². The van der Waals surface area contributed by atoms with Crippen LogP contribution in [0, 0.1) is 5.92 Å². The highest BCUT2D eigenvalue weighted by molar-refractivity contribution is 5.50. The molecule has 3 rings (SSSR count). The van der Waals surface area contributed by atoms with Gasteiger partial charge >= 0.3 is 0 Å². The van der Waals surface area contributed by atoms with Crippen LogP contribution in [-0.2, 0) is 12.8 Å². The smallest absolute Gasteiger partial charge is 0.0381 e. The minimum atomic E-state index is 0.571. The van der Waals surface area contributed by atoms with E-state index in [9.17, 15) is 0 Å². The summed E-state index contributed by atoms with van der Waals surface area (Å²) >= 11 is 0. The van der Waals surface area contributed by atoms with Gasteiger partial charge in [-0.1, -0.05) is 56.8 Å². The molecule has 23 heavy (non-hydrogen) atoms. The Kier molecular flexibility index (Phi) is 4.85. The van der Waals surface area contributed by atoms with Gasteiger partial charge in [-0.2, -0.15) is 0 Å². The zero-order valence-corrected chi connectivity index (χ0v) is 14.3. The second kappa shape index (κ2) is 7.04. The van der Waals surface area contributed by atoms with Crippen molar-refractivity contribution in [1.82, 2.24) is 0 Å². The molecule has 1 aliphatic rings. The molecule has 0 atom stereocenters. The molecule has 1 heteroatoms. The van der Waals surface area contributed by atoms with Crippen LogP contribution in [0.4, 0.5) is 5.69 Å². The molecule has 2 aromatic carbocycles. The van der Waals surface area contributed by atoms with Gasteiger partial charge in [0.1, 0.15) is 0 Å². The van der Waals surface area contributed by atoms with Crippen LogP contribution in [0.25, 0.3) is 0 Å². The third kappa shape index (κ3) is 4.72. The van der Waals surface area contributed by atoms with Gasteiger partial charge in [-0.25, -0.2) is 0 Å². The zero-order valence-electron chi connectivity index (χ0n) is 14.3. The van der Waals surface area contributed by atoms with E-state index >= 15 is 0 Å². The lowest BCUT2D eigenvalue weighted by atomic mass is 10.0. The lowest BCUT2D eigenvalue weighted by molar-refractivity contribution is 0.832. The Hall–Kier alpha value is -2.02. The zero-order chi connectivity index (χ0) is 16.2. The Morgan fingerprint density at radius 2 is 1.61 bits per heavy atom. The maximum Gasteiger partial charge on any atom is 0.0381 e. The molecule has 0 spiro atoms. The highest BCUT2D eigenvalue weighted by Gasteiger charge is 2.21. The molecule has 0 amide bonds. The number of allylic oxidation sites excluding steroid dienone is 1. The largest absolute Gasteiger partial charge is 0.359 e. The molecular weight excluding hydrogens is 278 g/mol. The van der Waals surface area contributed by atoms with Gasteiger partial charge in [0.25, 0.3) is 0 Å². The summed E-state index contributed by atoms with van der Waals surface area (Å²) in [7, 11) is 0. The Labute approximate surface area is 140 Å². The molecule has 0 heterocycles. The third-order valence-electron chi connectivity index (χ3n) is 4.56. The van der Waals surface area contributed by atoms with E-state index in [4.69, 9.17) is 0 Å². The van der Waals surface area contributed by atoms with Crippen molar-refractivity contribution in [2.24, 2.45) is 5.92 Å². The lowest BCUT2D eigenvalue weighted by Crippen LogP contribution is -2.02. The van der Waals surface area contributed by atoms with Crippen LogP contribution in [0.3, 0.4) is 0 Å². The summed E-state index contributed by atoms with van der Waals surface area (Å²) in [4.78, 5) is 0. The van der Waals surface area contributed by atoms with Gasteiger partial charge in [-0.05, 0) is 59.9 Å². The average Bonchev–Trinajstić information content (AvgIpc) is 3.34. The molecule has 1 N–H and O–H groups in total. The summed E-state index contributed by atoms with van der Waals surface area (Å²) in [6, 6.07) is 17.7. The van der Waals surface area contributed by atoms with Crippen molar-refractivity contribution < 1.29 is 0 Å². The summed E-state index contributed by atoms with van der Waals surface area (Å²) in [6.45, 7) is 8.61. The van der Waals surface area contributed by atoms with Crippen molar-refractivity contribution in [3.8, 4) is 0 Å². The first-order chi connectivity index (χ1) is 11.1. The van der Waals surface area contributed by atoms with Crippen LogP contribution < -0.4 is 5.32 Å². The minimum absolute atomic E-state index is 0.571. The van der Waals surface area contributed by atoms with Crippen molar-refractivity contribution >= 4 is 5.69 Å². The molecule has 2 aromatic rings. The quantitative estimate of drug-likeness (QED) is 0.668. The summed E-state index contributed by atoms with van der Waals surface area (Å²) in [6.07, 6.45) is 4.95. The third-order valence-corrected chi connectivity index (χ3v) is 4.56. The maximum absolute atomic E-state index is 4.17. The minimum Gasteiger partial charge on any atom is -0.359 e. The lowest BCUT2D eigenvalue weighted by Gasteiger charge is -2.12. The Morgan fingerprint density at radius 3 is 2.17 bits per heavy atom. The second-order valence-corrected chi connectivity index (χ2v) is 7.15. The van der Waals surface area contributed by atoms with Gasteiger partial charge in [0.15, 0.2) is 0 Å². The molecule has 120 valence electrons. The highest BCUT2D eigenvalue weighted by Crippen LogP contribution is 2.32. The van der Waals surface area contributed by atoms with Gasteiger partial charge in [0.05, 0.1) is 0 Å². The summed E-state index contributed by atoms with van der Waals surface area (Å²) in [5.41, 5.74) is 6.31. The standard InChI is InChI=1S/C22H27N/c1-16(2)21-10-12-22(13-11-21)23-17(3)14-18-4-6-19(7-5-18)15-20-8-9-20/h4-7,10-13,16,20,23H,3,8-9,14-15H2,1-2H3. The first-order valence-corrected chi connectivity index (χ1v) is 8.73. The van der Waals surface area contributed by atoms with E-state index in [-0.39, 0.29) is 0 Å². The predicted molar refractivity (Wildman–Crippen MR) is 99.9 cm³/mol. The number of benzene rings is 2. The SMILES string of the molecule is C=C(Cc1ccc(CC2CC2)cc1)Nc1ccc(C(C)C)cc1. The number of rotatable bonds is 7. The van der Waals surface area contributed by atoms with Gasteiger partial charge in [-0.15, -0.1) is 0 Å². The molecule has 0 saturated heterocycles. The van der Waals surface area contributed by atoms with E-state index in [1.165, 1.54) is 36.0 Å². The Bertz CT molecular complexity index is 645. The average molecular weight is 305 g/mol. The van der Waals surface area contributed by atoms with Crippen LogP contribution in [0.15, 0.2) is 60.8 Å². The van der Waals surface area contributed by atoms with Crippen molar-refractivity contribution in [3.63, 3.8) is 0 Å². The van der Waals surface area contributed by atoms with Crippen molar-refractivity contribution in [3.05, 3.63) is 77.5 Å². The summed E-state index contributed by atoms with van der Waals surface area (Å²) in [5.74, 6) is 1.52. The number of hydrogen-bond donors (Lipinski definition) is 1. The molecule has 0 aromatic heterocycles. The Balaban J connectivity index is 1.53. The van der Waals surface area contributed by atoms with E-state index in [1.54, 1.807) is 0 Å². The summed E-state index contributed by atoms with van der Waals surface area (Å²) < 4.78 is 0. The van der Waals surface area contributed by atoms with Crippen LogP contribution in [0.1, 0.15) is 49.3 Å². The van der Waals surface area contributed by atoms with Crippen LogP contribution >= 0.6 is 0 Å². The molecule has 0 aliphatic heterocycles. The molecule has 0 bridgehead atoms. The molecule has 1 aliphatic carbocycles. The second-order valence-electron chi connectivity index (χ2n) is 7.15. The normalized spacial score (nSPS) is 14.0. The van der Waals surface area contributed by atoms with Crippen LogP contribution in [-0.4, -0.2) is 0 Å². The van der Waals surface area contributed by atoms with Crippen molar-refractivity contribution in [2.75, 3.05) is 5.32 Å². The number of nitrogens with one attached hydrogen (secondary N) is 1. The van der Waals surface area contributed by atoms with E-state index in [0.717, 1.165) is 23.7 Å². The van der Waals surface area contributed by atoms with Crippen LogP contribution in [0.2, 0.25) is 0 Å². The number of anilines is 1. The monoisotopic (exact) mass is 305 g/mol. The molecule has 1 fully saturated rings. The van der Waals surface area contributed by atoms with E-state index in [1.807, 2.05) is 0 Å². The summed E-state index contributed by atoms with van der Waals surface area (Å²) in [5, 5.41) is 3.42. The first-order valence-electron chi connectivity index (χ1n) is 8.73. The maximum atomic E-state index is 4.17. The van der Waals surface area contributed by atoms with Gasteiger partial charge in [0.2, 0.25) is 0 Å². The molecule has 1 saturated carbocycles. The van der Waals surface area contributed by atoms with Crippen molar-refractivity contribution in [1.29, 1.82) is 0 Å². The van der Waals surface area contributed by atoms with Gasteiger partial charge in [-0.3, -0.25) is 0 Å². The number of hydrogen-bond acceptors (Lipinski definition) is 1. The van der Waals surface area contributed by atoms with Crippen molar-refractivity contribution in [2.45, 2.75) is 45.4 Å². The fraction of sp³-hybridized carbons (Fsp3) is 0.364. The fourth-order valence-electron chi connectivity index (χ4n) is 2.89. The van der Waals surface area contributed by atoms with Crippen LogP contribution in [0.5, 0.6) is 0 Å². The topological polar surface area (TPSA) is 12.0 Å². The molecular formula is C22H27N. The molecule has 1 nitrogen and oxygen atoms in total. The molecule has 0 radical (unpaired) electrons. The first kappa shape index (κ1) is 15.9. The van der Waals surface area contributed by atoms with E-state index in [0.29, 0.717) is 5.92 Å².